The van der Waals surface area contributed by atoms with Gasteiger partial charge in [0.1, 0.15) is 37.3 Å². The zero-order valence-electron chi connectivity index (χ0n) is 58.6. The Morgan fingerprint density at radius 2 is 1.13 bits per heavy atom. The highest BCUT2D eigenvalue weighted by atomic mass is 16.7. The first-order chi connectivity index (χ1) is 44.2. The van der Waals surface area contributed by atoms with Crippen LogP contribution in [-0.4, -0.2) is 191 Å². The molecule has 1 aromatic carbocycles. The van der Waals surface area contributed by atoms with E-state index in [4.69, 9.17) is 48.4 Å². The second kappa shape index (κ2) is 41.2. The number of aliphatic hydroxyl groups excluding tert-OH is 2. The summed E-state index contributed by atoms with van der Waals surface area (Å²) in [5.41, 5.74) is 8.58. The van der Waals surface area contributed by atoms with Crippen LogP contribution in [0.2, 0.25) is 0 Å². The third-order valence-electron chi connectivity index (χ3n) is 18.8. The number of likely N-dealkylation sites (N-methyl/N-ethyl adjacent to an activating group) is 2. The van der Waals surface area contributed by atoms with Gasteiger partial charge in [0.2, 0.25) is 0 Å². The number of aldehydes is 1. The summed E-state index contributed by atoms with van der Waals surface area (Å²) >= 11 is 0. The number of allylic oxidation sites excluding steroid dienone is 6. The number of esters is 2. The van der Waals surface area contributed by atoms with E-state index in [9.17, 15) is 39.0 Å². The molecule has 0 bridgehead atoms. The first-order valence-corrected chi connectivity index (χ1v) is 33.8. The van der Waals surface area contributed by atoms with E-state index < -0.39 is 67.4 Å². The van der Waals surface area contributed by atoms with Gasteiger partial charge < -0.3 is 78.5 Å². The van der Waals surface area contributed by atoms with E-state index in [0.717, 1.165) is 23.0 Å². The maximum Gasteiger partial charge on any atom is 0.407 e. The summed E-state index contributed by atoms with van der Waals surface area (Å²) in [4.78, 5) is 81.7. The number of amides is 1. The second-order valence-corrected chi connectivity index (χ2v) is 26.9. The number of ether oxygens (including phenoxy) is 9. The molecule has 20 atom stereocenters. The molecule has 0 spiro atoms. The Kier molecular flexibility index (Phi) is 35.6. The Labute approximate surface area is 555 Å². The van der Waals surface area contributed by atoms with Gasteiger partial charge in [-0.05, 0) is 149 Å². The van der Waals surface area contributed by atoms with Crippen LogP contribution in [0, 0.1) is 47.3 Å². The molecule has 0 aromatic heterocycles. The molecule has 5 N–H and O–H groups in total. The van der Waals surface area contributed by atoms with Crippen LogP contribution < -0.4 is 11.1 Å². The smallest absolute Gasteiger partial charge is 0.407 e. The van der Waals surface area contributed by atoms with Crippen LogP contribution in [0.3, 0.4) is 0 Å². The van der Waals surface area contributed by atoms with Gasteiger partial charge in [-0.25, -0.2) is 4.79 Å². The van der Waals surface area contributed by atoms with Crippen molar-refractivity contribution in [2.75, 3.05) is 55.5 Å². The Morgan fingerprint density at radius 3 is 1.57 bits per heavy atom. The molecule has 21 nitrogen and oxygen atoms in total. The average molecular weight is 1310 g/mol. The number of cyclic esters (lactones) is 2. The summed E-state index contributed by atoms with van der Waals surface area (Å²) in [6.45, 7) is 19.9. The molecule has 0 radical (unpaired) electrons. The van der Waals surface area contributed by atoms with Crippen molar-refractivity contribution in [3.05, 3.63) is 83.5 Å². The van der Waals surface area contributed by atoms with Crippen molar-refractivity contribution in [3.63, 3.8) is 0 Å². The summed E-state index contributed by atoms with van der Waals surface area (Å²) in [6.07, 6.45) is 9.43. The van der Waals surface area contributed by atoms with Crippen LogP contribution in [0.5, 0.6) is 0 Å². The van der Waals surface area contributed by atoms with Crippen LogP contribution in [0.25, 0.3) is 0 Å². The number of alkyl carbamates (subject to hydrolysis) is 1. The van der Waals surface area contributed by atoms with E-state index in [1.54, 1.807) is 32.4 Å². The van der Waals surface area contributed by atoms with Crippen molar-refractivity contribution >= 4 is 35.9 Å². The number of rotatable bonds is 19. The predicted molar refractivity (Wildman–Crippen MR) is 356 cm³/mol. The summed E-state index contributed by atoms with van der Waals surface area (Å²) in [6, 6.07) is 9.04. The lowest BCUT2D eigenvalue weighted by Crippen LogP contribution is -2.56. The number of carbonyl (C=O) groups is 6. The zero-order valence-corrected chi connectivity index (χ0v) is 58.6. The minimum Gasteiger partial charge on any atom is -0.462 e. The lowest BCUT2D eigenvalue weighted by Gasteiger charge is -2.44. The summed E-state index contributed by atoms with van der Waals surface area (Å²) < 4.78 is 54.0. The third-order valence-corrected chi connectivity index (χ3v) is 18.8. The van der Waals surface area contributed by atoms with Crippen molar-refractivity contribution in [1.29, 1.82) is 0 Å². The molecule has 93 heavy (non-hydrogen) atoms. The van der Waals surface area contributed by atoms with Crippen LogP contribution in [-0.2, 0) is 73.2 Å². The number of nitrogens with two attached hydrogens (primary N) is 1. The van der Waals surface area contributed by atoms with E-state index in [0.29, 0.717) is 64.3 Å². The maximum absolute atomic E-state index is 13.4. The molecular formula is C72H116N4O17. The molecule has 0 saturated carbocycles. The first-order valence-electron chi connectivity index (χ1n) is 33.8. The number of methoxy groups -OCH3 is 2. The second-order valence-electron chi connectivity index (χ2n) is 26.9. The Morgan fingerprint density at radius 1 is 0.677 bits per heavy atom. The lowest BCUT2D eigenvalue weighted by molar-refractivity contribution is -0.282. The van der Waals surface area contributed by atoms with Crippen molar-refractivity contribution in [2.45, 2.75) is 233 Å². The quantitative estimate of drug-likeness (QED) is 0.0435. The van der Waals surface area contributed by atoms with E-state index in [1.807, 2.05) is 150 Å². The van der Waals surface area contributed by atoms with Crippen LogP contribution in [0.1, 0.15) is 152 Å². The number of benzene rings is 1. The normalized spacial score (nSPS) is 35.4. The van der Waals surface area contributed by atoms with Gasteiger partial charge in [-0.1, -0.05) is 107 Å². The Bertz CT molecular complexity index is 2560. The van der Waals surface area contributed by atoms with Crippen LogP contribution in [0.4, 0.5) is 4.79 Å². The molecule has 4 aliphatic heterocycles. The topological polar surface area (TPSA) is 270 Å². The van der Waals surface area contributed by atoms with Gasteiger partial charge in [-0.3, -0.25) is 19.2 Å². The number of nitrogens with zero attached hydrogens (tertiary/aromatic N) is 2. The zero-order chi connectivity index (χ0) is 69.1. The molecule has 526 valence electrons. The van der Waals surface area contributed by atoms with Crippen molar-refractivity contribution in [1.82, 2.24) is 15.1 Å². The summed E-state index contributed by atoms with van der Waals surface area (Å²) in [7, 11) is 10.8. The predicted octanol–water partition coefficient (Wildman–Crippen LogP) is 9.24. The molecule has 2 saturated heterocycles. The SMILES string of the molecule is CC[C@H]1OC(=O)CC[C@H](C)[C@@H](OC2OC(C)CC(N(C)C)C2O)[C@@H](CC(OC)OC)C[C@@H](C)C(=O)/C=C/C(C)=C/[C@@H]1CN.CC[C@H]1OC(=O)CC[C@H](C)[C@@H](OC2OC(C)CC(N(C)C)C2O)[C@@H](CC=O)C[C@@H](C)C(=O)/C=C/C(C)=C/[C@@H]1CNC(=O)OCc1ccccc1. The molecule has 5 rings (SSSR count). The highest BCUT2D eigenvalue weighted by Crippen LogP contribution is 2.37. The lowest BCUT2D eigenvalue weighted by atomic mass is 9.80. The standard InChI is InChI=1S/C39H58N2O9.C33H58N2O8/c1-8-34-31(23-40-39(46)47-24-29-12-10-9-11-13-29)20-25(2)14-16-33(43)27(4)21-30(18-19-42)37(26(3)15-17-35(44)49-34)50-38-36(45)32(41(6)7)22-28(5)48-38;1-10-28-25(19-34)15-20(2)11-13-27(36)22(4)16-24(18-30(39-8)40-9)32(21(3)12-14-29(37)42-28)43-33-31(38)26(35(6)7)17-23(5)41-33/h9-14,16,19-20,26-28,30-32,34,36-38,45H,8,15,17-18,21-24H2,1-7H3,(H,40,46);11,13,15,21-26,28,30-33,38H,10,12,14,16-19,34H2,1-9H3/b16-14+,25-20+;13-11+,20-15+/t26-,27+,28?,30-,31+,32?,34+,36?,37+,38?;21-,22+,23?,24+,25+,26?,28+,31?,32+,33?/m00/s1. The fraction of sp³-hybridized carbons (Fsp3) is 0.722. The molecule has 2 fully saturated rings. The first kappa shape index (κ1) is 80.4. The van der Waals surface area contributed by atoms with Gasteiger partial charge in [-0.15, -0.1) is 0 Å². The van der Waals surface area contributed by atoms with Gasteiger partial charge >= 0.3 is 18.0 Å². The molecular weight excluding hydrogens is 1190 g/mol. The van der Waals surface area contributed by atoms with Gasteiger partial charge in [0, 0.05) is 88.7 Å². The number of ketones is 2. The van der Waals surface area contributed by atoms with Crippen molar-refractivity contribution in [2.24, 2.45) is 53.1 Å². The fourth-order valence-electron chi connectivity index (χ4n) is 13.1. The monoisotopic (exact) mass is 1310 g/mol. The minimum absolute atomic E-state index is 0.000596. The number of hydrogen-bond acceptors (Lipinski definition) is 20. The molecule has 0 aliphatic carbocycles. The minimum atomic E-state index is -0.943. The molecule has 1 aromatic rings. The third kappa shape index (κ3) is 26.5. The van der Waals surface area contributed by atoms with Gasteiger partial charge in [0.25, 0.3) is 0 Å². The highest BCUT2D eigenvalue weighted by molar-refractivity contribution is 5.92. The summed E-state index contributed by atoms with van der Waals surface area (Å²) in [5.74, 6) is -3.02. The number of nitrogens with one attached hydrogen (secondary N) is 1. The largest absolute Gasteiger partial charge is 0.462 e. The average Bonchev–Trinajstić information content (AvgIpc) is 0.860. The van der Waals surface area contributed by atoms with Crippen LogP contribution >= 0.6 is 0 Å². The number of carbonyl (C=O) groups excluding carboxylic acids is 6. The molecule has 1 amide bonds. The van der Waals surface area contributed by atoms with Crippen molar-refractivity contribution < 1.29 is 81.6 Å². The van der Waals surface area contributed by atoms with Crippen molar-refractivity contribution in [3.8, 4) is 0 Å². The number of hydrogen-bond donors (Lipinski definition) is 4. The highest BCUT2D eigenvalue weighted by Gasteiger charge is 2.44. The molecule has 4 heterocycles. The fourth-order valence-corrected chi connectivity index (χ4v) is 13.1. The molecule has 21 heteroatoms. The van der Waals surface area contributed by atoms with E-state index in [1.165, 1.54) is 6.08 Å². The summed E-state index contributed by atoms with van der Waals surface area (Å²) in [5, 5.41) is 25.4. The molecule has 4 aliphatic rings. The van der Waals surface area contributed by atoms with E-state index in [-0.39, 0.29) is 122 Å². The van der Waals surface area contributed by atoms with Gasteiger partial charge in [0.05, 0.1) is 24.4 Å². The Balaban J connectivity index is 0.000000401. The van der Waals surface area contributed by atoms with Gasteiger partial charge in [0.15, 0.2) is 30.4 Å². The number of aliphatic hydroxyl groups is 2. The Hall–Kier alpha value is -5.04. The van der Waals surface area contributed by atoms with Gasteiger partial charge in [-0.2, -0.15) is 0 Å². The van der Waals surface area contributed by atoms with Crippen LogP contribution in [0.15, 0.2) is 77.9 Å². The van der Waals surface area contributed by atoms with E-state index in [2.05, 4.69) is 5.32 Å². The molecule has 8 unspecified atom stereocenters. The van der Waals surface area contributed by atoms with E-state index >= 15 is 0 Å². The maximum atomic E-state index is 13.4.